The van der Waals surface area contributed by atoms with Gasteiger partial charge in [-0.2, -0.15) is 15.1 Å². The van der Waals surface area contributed by atoms with E-state index in [1.165, 1.54) is 23.2 Å². The van der Waals surface area contributed by atoms with E-state index in [-0.39, 0.29) is 28.2 Å². The van der Waals surface area contributed by atoms with Crippen molar-refractivity contribution in [3.63, 3.8) is 0 Å². The Labute approximate surface area is 192 Å². The summed E-state index contributed by atoms with van der Waals surface area (Å²) in [5, 5.41) is 15.1. The second-order valence-corrected chi connectivity index (χ2v) is 8.50. The number of carbonyl (C=O) groups is 1. The van der Waals surface area contributed by atoms with Gasteiger partial charge in [-0.15, -0.1) is 0 Å². The number of fused-ring (bicyclic) bond motifs is 1. The Morgan fingerprint density at radius 2 is 1.79 bits per heavy atom. The van der Waals surface area contributed by atoms with E-state index in [2.05, 4.69) is 10.1 Å². The second kappa shape index (κ2) is 7.93. The van der Waals surface area contributed by atoms with E-state index < -0.39 is 5.91 Å². The first-order valence-electron chi connectivity index (χ1n) is 10.0. The molecule has 1 aromatic heterocycles. The number of benzene rings is 2. The van der Waals surface area contributed by atoms with E-state index in [0.29, 0.717) is 21.9 Å². The highest BCUT2D eigenvalue weighted by Gasteiger charge is 2.36. The first kappa shape index (κ1) is 21.0. The van der Waals surface area contributed by atoms with E-state index in [1.807, 2.05) is 19.9 Å². The molecule has 0 bridgehead atoms. The number of amides is 1. The maximum absolute atomic E-state index is 14.4. The van der Waals surface area contributed by atoms with Crippen molar-refractivity contribution in [2.45, 2.75) is 13.8 Å². The van der Waals surface area contributed by atoms with Gasteiger partial charge in [0.1, 0.15) is 16.7 Å². The zero-order valence-electron chi connectivity index (χ0n) is 17.6. The highest BCUT2D eigenvalue weighted by Crippen LogP contribution is 2.32. The summed E-state index contributed by atoms with van der Waals surface area (Å²) in [6.07, 6.45) is 1.58. The van der Waals surface area contributed by atoms with Gasteiger partial charge in [0.05, 0.1) is 11.3 Å². The maximum Gasteiger partial charge on any atom is 0.283 e. The Hall–Kier alpha value is -3.85. The molecule has 164 valence electrons. The van der Waals surface area contributed by atoms with E-state index >= 15 is 0 Å². The number of nitrogens with one attached hydrogen (secondary N) is 1. The summed E-state index contributed by atoms with van der Waals surface area (Å²) < 4.78 is 29.4. The first-order chi connectivity index (χ1) is 15.8. The third-order valence-corrected chi connectivity index (χ3v) is 6.37. The maximum atomic E-state index is 14.4. The van der Waals surface area contributed by atoms with E-state index in [1.54, 1.807) is 41.0 Å². The molecule has 33 heavy (non-hydrogen) atoms. The number of para-hydroxylation sites is 1. The molecule has 1 N–H and O–H groups in total. The Bertz CT molecular complexity index is 1420. The third kappa shape index (κ3) is 3.60. The minimum absolute atomic E-state index is 0.0808. The van der Waals surface area contributed by atoms with Gasteiger partial charge in [0.25, 0.3) is 5.91 Å². The Morgan fingerprint density at radius 1 is 1.06 bits per heavy atom. The van der Waals surface area contributed by atoms with Crippen LogP contribution in [0.5, 0.6) is 0 Å². The van der Waals surface area contributed by atoms with Gasteiger partial charge in [-0.25, -0.2) is 8.78 Å². The number of rotatable bonds is 3. The number of hydrogen-bond donors (Lipinski definition) is 1. The Balaban J connectivity index is 1.52. The van der Waals surface area contributed by atoms with Gasteiger partial charge in [0, 0.05) is 17.0 Å². The summed E-state index contributed by atoms with van der Waals surface area (Å²) in [6, 6.07) is 14.1. The minimum atomic E-state index is -0.551. The molecule has 0 radical (unpaired) electrons. The summed E-state index contributed by atoms with van der Waals surface area (Å²) in [5.41, 5.74) is 3.35. The van der Waals surface area contributed by atoms with Crippen LogP contribution in [0.3, 0.4) is 0 Å². The van der Waals surface area contributed by atoms with Gasteiger partial charge in [0.15, 0.2) is 5.84 Å². The van der Waals surface area contributed by atoms with E-state index in [4.69, 9.17) is 5.41 Å². The van der Waals surface area contributed by atoms with Crippen LogP contribution >= 0.6 is 11.8 Å². The summed E-state index contributed by atoms with van der Waals surface area (Å²) >= 11 is 1.15. The number of thioether (sulfide) groups is 1. The van der Waals surface area contributed by atoms with Crippen molar-refractivity contribution in [1.29, 1.82) is 5.41 Å². The monoisotopic (exact) mass is 461 g/mol. The van der Waals surface area contributed by atoms with Crippen LogP contribution in [0.15, 0.2) is 70.3 Å². The fourth-order valence-corrected chi connectivity index (χ4v) is 4.69. The molecule has 0 saturated heterocycles. The summed E-state index contributed by atoms with van der Waals surface area (Å²) in [7, 11) is 0. The molecule has 6 nitrogen and oxygen atoms in total. The average Bonchev–Trinajstić information content (AvgIpc) is 3.33. The lowest BCUT2D eigenvalue weighted by Gasteiger charge is -2.20. The molecule has 2 aliphatic heterocycles. The molecular weight excluding hydrogens is 444 g/mol. The highest BCUT2D eigenvalue weighted by atomic mass is 32.2. The molecule has 0 aliphatic carbocycles. The van der Waals surface area contributed by atoms with Crippen molar-refractivity contribution >= 4 is 39.8 Å². The van der Waals surface area contributed by atoms with Gasteiger partial charge < -0.3 is 4.57 Å². The standard InChI is InChI=1S/C24H17F2N5OS/c1-13-11-16(14(2)30(13)20-6-4-3-5-19(20)26)12-18-21(27)31-24(28-22(18)32)33-23(29-31)15-7-9-17(25)10-8-15/h3-12,27H,1-2H3/b18-12-,27-21?. The van der Waals surface area contributed by atoms with Gasteiger partial charge in [-0.3, -0.25) is 10.2 Å². The van der Waals surface area contributed by atoms with Crippen LogP contribution in [-0.4, -0.2) is 31.5 Å². The van der Waals surface area contributed by atoms with E-state index in [9.17, 15) is 13.6 Å². The quantitative estimate of drug-likeness (QED) is 0.556. The van der Waals surface area contributed by atoms with Crippen LogP contribution in [0, 0.1) is 30.9 Å². The van der Waals surface area contributed by atoms with Crippen LogP contribution in [0.25, 0.3) is 11.8 Å². The summed E-state index contributed by atoms with van der Waals surface area (Å²) in [6.45, 7) is 3.68. The second-order valence-electron chi connectivity index (χ2n) is 7.55. The zero-order valence-corrected chi connectivity index (χ0v) is 18.5. The number of hydrogen-bond acceptors (Lipinski definition) is 4. The summed E-state index contributed by atoms with van der Waals surface area (Å²) in [5.74, 6) is -1.38. The molecule has 3 heterocycles. The van der Waals surface area contributed by atoms with Gasteiger partial charge >= 0.3 is 0 Å². The number of aryl methyl sites for hydroxylation is 1. The van der Waals surface area contributed by atoms with Crippen molar-refractivity contribution in [3.8, 4) is 5.69 Å². The van der Waals surface area contributed by atoms with Gasteiger partial charge in [0.2, 0.25) is 5.17 Å². The SMILES string of the molecule is Cc1cc(/C=C2/C(=N)N3N=C(c4ccc(F)cc4)SC3=NC2=O)c(C)n1-c1ccccc1F. The van der Waals surface area contributed by atoms with Crippen molar-refractivity contribution in [1.82, 2.24) is 9.58 Å². The smallest absolute Gasteiger partial charge is 0.283 e. The topological polar surface area (TPSA) is 73.8 Å². The fourth-order valence-electron chi connectivity index (χ4n) is 3.79. The number of aromatic nitrogens is 1. The van der Waals surface area contributed by atoms with E-state index in [0.717, 1.165) is 23.1 Å². The number of amidine groups is 2. The Kier molecular flexibility index (Phi) is 5.05. The van der Waals surface area contributed by atoms with Crippen LogP contribution in [0.2, 0.25) is 0 Å². The lowest BCUT2D eigenvalue weighted by Crippen LogP contribution is -2.35. The number of aliphatic imine (C=N–C) groups is 1. The van der Waals surface area contributed by atoms with Crippen molar-refractivity contribution < 1.29 is 13.6 Å². The number of hydrazone groups is 1. The summed E-state index contributed by atoms with van der Waals surface area (Å²) in [4.78, 5) is 16.9. The van der Waals surface area contributed by atoms with Crippen molar-refractivity contribution in [3.05, 3.63) is 94.3 Å². The number of carbonyl (C=O) groups excluding carboxylic acids is 1. The molecule has 2 aromatic carbocycles. The van der Waals surface area contributed by atoms with Crippen LogP contribution in [0.4, 0.5) is 8.78 Å². The molecule has 0 spiro atoms. The normalized spacial score (nSPS) is 16.8. The van der Waals surface area contributed by atoms with Gasteiger partial charge in [-0.1, -0.05) is 12.1 Å². The molecule has 0 saturated carbocycles. The molecule has 1 amide bonds. The van der Waals surface area contributed by atoms with Crippen LogP contribution in [0.1, 0.15) is 22.5 Å². The van der Waals surface area contributed by atoms with Crippen molar-refractivity contribution in [2.24, 2.45) is 10.1 Å². The molecule has 0 atom stereocenters. The zero-order chi connectivity index (χ0) is 23.3. The minimum Gasteiger partial charge on any atom is -0.315 e. The lowest BCUT2D eigenvalue weighted by molar-refractivity contribution is -0.114. The molecule has 2 aliphatic rings. The fraction of sp³-hybridized carbons (Fsp3) is 0.0833. The number of nitrogens with zero attached hydrogens (tertiary/aromatic N) is 4. The predicted octanol–water partition coefficient (Wildman–Crippen LogP) is 5.04. The lowest BCUT2D eigenvalue weighted by atomic mass is 10.1. The molecular formula is C24H17F2N5OS. The molecule has 5 rings (SSSR count). The highest BCUT2D eigenvalue weighted by molar-refractivity contribution is 8.27. The third-order valence-electron chi connectivity index (χ3n) is 5.41. The number of halogens is 2. The first-order valence-corrected chi connectivity index (χ1v) is 10.8. The molecule has 0 fully saturated rings. The largest absolute Gasteiger partial charge is 0.315 e. The Morgan fingerprint density at radius 3 is 2.52 bits per heavy atom. The van der Waals surface area contributed by atoms with Gasteiger partial charge in [-0.05, 0) is 79.7 Å². The average molecular weight is 461 g/mol. The van der Waals surface area contributed by atoms with Crippen LogP contribution < -0.4 is 0 Å². The van der Waals surface area contributed by atoms with Crippen molar-refractivity contribution in [2.75, 3.05) is 0 Å². The van der Waals surface area contributed by atoms with Crippen LogP contribution in [-0.2, 0) is 4.79 Å². The molecule has 3 aromatic rings. The predicted molar refractivity (Wildman–Crippen MR) is 126 cm³/mol. The molecule has 0 unspecified atom stereocenters. The molecule has 9 heteroatoms.